The maximum absolute atomic E-state index is 12.4. The van der Waals surface area contributed by atoms with Gasteiger partial charge in [0.1, 0.15) is 17.2 Å². The van der Waals surface area contributed by atoms with Crippen LogP contribution in [0.1, 0.15) is 10.5 Å². The molecule has 0 aliphatic carbocycles. The summed E-state index contributed by atoms with van der Waals surface area (Å²) >= 11 is 11.9. The first kappa shape index (κ1) is 18.1. The van der Waals surface area contributed by atoms with Crippen LogP contribution in [-0.2, 0) is 0 Å². The number of nitrogens with zero attached hydrogens (tertiary/aromatic N) is 1. The maximum atomic E-state index is 12.4. The van der Waals surface area contributed by atoms with Crippen LogP contribution >= 0.6 is 23.2 Å². The maximum Gasteiger partial charge on any atom is 0.273 e. The Balaban J connectivity index is 1.84. The van der Waals surface area contributed by atoms with Crippen LogP contribution in [0.15, 0.2) is 42.5 Å². The Hall–Kier alpha value is -2.70. The van der Waals surface area contributed by atoms with Gasteiger partial charge in [-0.2, -0.15) is 5.10 Å². The Morgan fingerprint density at radius 3 is 2.58 bits per heavy atom. The summed E-state index contributed by atoms with van der Waals surface area (Å²) in [5, 5.41) is 10.5. The van der Waals surface area contributed by atoms with Crippen molar-refractivity contribution in [3.8, 4) is 22.8 Å². The van der Waals surface area contributed by atoms with E-state index in [9.17, 15) is 4.79 Å². The molecule has 2 aromatic carbocycles. The molecule has 1 heterocycles. The van der Waals surface area contributed by atoms with Gasteiger partial charge in [-0.05, 0) is 36.4 Å². The molecular weight excluding hydrogens is 377 g/mol. The first-order valence-electron chi connectivity index (χ1n) is 7.56. The molecule has 0 saturated heterocycles. The fourth-order valence-electron chi connectivity index (χ4n) is 2.37. The van der Waals surface area contributed by atoms with Crippen molar-refractivity contribution in [1.82, 2.24) is 10.2 Å². The lowest BCUT2D eigenvalue weighted by atomic mass is 10.1. The number of aromatic nitrogens is 2. The molecule has 1 amide bonds. The van der Waals surface area contributed by atoms with Gasteiger partial charge in [-0.3, -0.25) is 9.89 Å². The lowest BCUT2D eigenvalue weighted by molar-refractivity contribution is 0.102. The van der Waals surface area contributed by atoms with Gasteiger partial charge in [0, 0.05) is 16.7 Å². The summed E-state index contributed by atoms with van der Waals surface area (Å²) in [6.07, 6.45) is 0. The van der Waals surface area contributed by atoms with E-state index in [1.165, 1.54) is 0 Å². The molecule has 26 heavy (non-hydrogen) atoms. The van der Waals surface area contributed by atoms with E-state index in [4.69, 9.17) is 32.7 Å². The van der Waals surface area contributed by atoms with Crippen LogP contribution in [0, 0.1) is 0 Å². The van der Waals surface area contributed by atoms with Crippen LogP contribution in [0.5, 0.6) is 11.5 Å². The van der Waals surface area contributed by atoms with Crippen LogP contribution < -0.4 is 14.8 Å². The lowest BCUT2D eigenvalue weighted by Crippen LogP contribution is -2.12. The molecule has 0 aliphatic rings. The zero-order valence-electron chi connectivity index (χ0n) is 14.0. The normalized spacial score (nSPS) is 10.5. The third-order valence-corrected chi connectivity index (χ3v) is 4.23. The van der Waals surface area contributed by atoms with Gasteiger partial charge in [-0.1, -0.05) is 23.2 Å². The van der Waals surface area contributed by atoms with Crippen LogP contribution in [-0.4, -0.2) is 30.3 Å². The second kappa shape index (κ2) is 7.68. The Morgan fingerprint density at radius 2 is 1.88 bits per heavy atom. The molecule has 0 fully saturated rings. The minimum Gasteiger partial charge on any atom is -0.497 e. The van der Waals surface area contributed by atoms with Gasteiger partial charge in [-0.15, -0.1) is 0 Å². The molecule has 0 saturated carbocycles. The number of aromatic amines is 1. The lowest BCUT2D eigenvalue weighted by Gasteiger charge is -2.08. The number of halogens is 2. The van der Waals surface area contributed by atoms with Crippen molar-refractivity contribution in [3.05, 3.63) is 58.2 Å². The van der Waals surface area contributed by atoms with Crippen molar-refractivity contribution in [2.45, 2.75) is 0 Å². The van der Waals surface area contributed by atoms with Crippen molar-refractivity contribution < 1.29 is 14.3 Å². The summed E-state index contributed by atoms with van der Waals surface area (Å²) in [6.45, 7) is 0. The number of hydrogen-bond acceptors (Lipinski definition) is 4. The van der Waals surface area contributed by atoms with Gasteiger partial charge in [0.25, 0.3) is 5.91 Å². The van der Waals surface area contributed by atoms with Gasteiger partial charge < -0.3 is 14.8 Å². The molecule has 0 aliphatic heterocycles. The molecule has 0 spiro atoms. The highest BCUT2D eigenvalue weighted by Gasteiger charge is 2.15. The SMILES string of the molecule is COc1ccc(-c2cc(C(=O)Nc3ccc(Cl)cc3Cl)[nH]n2)c(OC)c1. The highest BCUT2D eigenvalue weighted by molar-refractivity contribution is 6.36. The van der Waals surface area contributed by atoms with E-state index < -0.39 is 0 Å². The Labute approximate surface area is 160 Å². The summed E-state index contributed by atoms with van der Waals surface area (Å²) in [4.78, 5) is 12.4. The molecule has 3 rings (SSSR count). The Kier molecular flexibility index (Phi) is 5.35. The predicted molar refractivity (Wildman–Crippen MR) is 102 cm³/mol. The molecule has 0 radical (unpaired) electrons. The number of carbonyl (C=O) groups excluding carboxylic acids is 1. The molecule has 3 aromatic rings. The minimum atomic E-state index is -0.375. The molecule has 0 unspecified atom stereocenters. The number of benzene rings is 2. The fraction of sp³-hybridized carbons (Fsp3) is 0.111. The number of amides is 1. The van der Waals surface area contributed by atoms with E-state index in [1.54, 1.807) is 50.6 Å². The number of methoxy groups -OCH3 is 2. The Bertz CT molecular complexity index is 957. The summed E-state index contributed by atoms with van der Waals surface area (Å²) in [7, 11) is 3.13. The van der Waals surface area contributed by atoms with Crippen molar-refractivity contribution in [2.75, 3.05) is 19.5 Å². The smallest absolute Gasteiger partial charge is 0.273 e. The largest absolute Gasteiger partial charge is 0.497 e. The number of anilines is 1. The van der Waals surface area contributed by atoms with E-state index in [1.807, 2.05) is 6.07 Å². The van der Waals surface area contributed by atoms with Gasteiger partial charge in [0.2, 0.25) is 0 Å². The standard InChI is InChI=1S/C18H15Cl2N3O3/c1-25-11-4-5-12(17(8-11)26-2)15-9-16(23-22-15)18(24)21-14-6-3-10(19)7-13(14)20/h3-9H,1-2H3,(H,21,24)(H,22,23). The Morgan fingerprint density at radius 1 is 1.08 bits per heavy atom. The summed E-state index contributed by atoms with van der Waals surface area (Å²) in [5.41, 5.74) is 2.04. The van der Waals surface area contributed by atoms with Crippen molar-refractivity contribution in [2.24, 2.45) is 0 Å². The first-order valence-corrected chi connectivity index (χ1v) is 8.31. The monoisotopic (exact) mass is 391 g/mol. The second-order valence-electron chi connectivity index (χ2n) is 5.31. The quantitative estimate of drug-likeness (QED) is 0.663. The van der Waals surface area contributed by atoms with Gasteiger partial charge in [0.05, 0.1) is 30.6 Å². The van der Waals surface area contributed by atoms with Crippen molar-refractivity contribution >= 4 is 34.8 Å². The predicted octanol–water partition coefficient (Wildman–Crippen LogP) is 4.65. The molecule has 1 aromatic heterocycles. The zero-order chi connectivity index (χ0) is 18.7. The van der Waals surface area contributed by atoms with E-state index >= 15 is 0 Å². The number of H-pyrrole nitrogens is 1. The average molecular weight is 392 g/mol. The third-order valence-electron chi connectivity index (χ3n) is 3.69. The molecule has 6 nitrogen and oxygen atoms in total. The highest BCUT2D eigenvalue weighted by Crippen LogP contribution is 2.32. The van der Waals surface area contributed by atoms with Crippen LogP contribution in [0.2, 0.25) is 10.0 Å². The topological polar surface area (TPSA) is 76.2 Å². The molecule has 0 atom stereocenters. The average Bonchev–Trinajstić information content (AvgIpc) is 3.13. The van der Waals surface area contributed by atoms with Crippen LogP contribution in [0.25, 0.3) is 11.3 Å². The van der Waals surface area contributed by atoms with E-state index in [-0.39, 0.29) is 11.6 Å². The van der Waals surface area contributed by atoms with Crippen molar-refractivity contribution in [1.29, 1.82) is 0 Å². The van der Waals surface area contributed by atoms with E-state index in [0.717, 1.165) is 5.56 Å². The van der Waals surface area contributed by atoms with Crippen LogP contribution in [0.3, 0.4) is 0 Å². The van der Waals surface area contributed by atoms with Gasteiger partial charge in [0.15, 0.2) is 0 Å². The summed E-state index contributed by atoms with van der Waals surface area (Å²) in [5.74, 6) is 0.875. The van der Waals surface area contributed by atoms with Crippen LogP contribution in [0.4, 0.5) is 5.69 Å². The van der Waals surface area contributed by atoms with Crippen molar-refractivity contribution in [3.63, 3.8) is 0 Å². The van der Waals surface area contributed by atoms with E-state index in [0.29, 0.717) is 32.9 Å². The van der Waals surface area contributed by atoms with E-state index in [2.05, 4.69) is 15.5 Å². The number of hydrogen-bond donors (Lipinski definition) is 2. The van der Waals surface area contributed by atoms with Gasteiger partial charge in [-0.25, -0.2) is 0 Å². The molecule has 134 valence electrons. The molecule has 0 bridgehead atoms. The number of ether oxygens (including phenoxy) is 2. The zero-order valence-corrected chi connectivity index (χ0v) is 15.5. The van der Waals surface area contributed by atoms with Gasteiger partial charge >= 0.3 is 0 Å². The highest BCUT2D eigenvalue weighted by atomic mass is 35.5. The fourth-order valence-corrected chi connectivity index (χ4v) is 2.82. The summed E-state index contributed by atoms with van der Waals surface area (Å²) in [6, 6.07) is 11.8. The molecule has 8 heteroatoms. The minimum absolute atomic E-state index is 0.281. The second-order valence-corrected chi connectivity index (χ2v) is 6.16. The number of rotatable bonds is 5. The molecule has 2 N–H and O–H groups in total. The first-order chi connectivity index (χ1) is 12.5. The third kappa shape index (κ3) is 3.76. The molecular formula is C18H15Cl2N3O3. The number of nitrogens with one attached hydrogen (secondary N) is 2. The number of carbonyl (C=O) groups is 1. The summed E-state index contributed by atoms with van der Waals surface area (Å²) < 4.78 is 10.6.